The first-order valence-corrected chi connectivity index (χ1v) is 7.67. The number of phenols is 2. The first kappa shape index (κ1) is 15.4. The van der Waals surface area contributed by atoms with Crippen LogP contribution in [0.25, 0.3) is 0 Å². The summed E-state index contributed by atoms with van der Waals surface area (Å²) < 4.78 is 0. The maximum atomic E-state index is 12.4. The zero-order valence-electron chi connectivity index (χ0n) is 12.5. The molecule has 0 radical (unpaired) electrons. The maximum absolute atomic E-state index is 12.4. The molecule has 2 bridgehead atoms. The maximum Gasteiger partial charge on any atom is 0.307 e. The Kier molecular flexibility index (Phi) is 3.98. The number of nitrogens with one attached hydrogen (secondary N) is 1. The molecule has 6 heteroatoms. The molecule has 1 fully saturated rings. The lowest BCUT2D eigenvalue weighted by Gasteiger charge is -2.23. The Bertz CT molecular complexity index is 669. The number of amides is 1. The summed E-state index contributed by atoms with van der Waals surface area (Å²) in [5, 5.41) is 30.8. The van der Waals surface area contributed by atoms with E-state index in [1.807, 2.05) is 12.2 Å². The summed E-state index contributed by atoms with van der Waals surface area (Å²) in [6.07, 6.45) is 5.09. The smallest absolute Gasteiger partial charge is 0.307 e. The van der Waals surface area contributed by atoms with Crippen LogP contribution in [0.15, 0.2) is 30.4 Å². The molecule has 23 heavy (non-hydrogen) atoms. The minimum absolute atomic E-state index is 0.0128. The van der Waals surface area contributed by atoms with E-state index in [1.165, 1.54) is 12.1 Å². The van der Waals surface area contributed by atoms with Crippen LogP contribution in [0.3, 0.4) is 0 Å². The largest absolute Gasteiger partial charge is 0.504 e. The Morgan fingerprint density at radius 2 is 1.78 bits per heavy atom. The highest BCUT2D eigenvalue weighted by molar-refractivity contribution is 5.86. The molecule has 1 saturated carbocycles. The lowest BCUT2D eigenvalue weighted by atomic mass is 9.82. The van der Waals surface area contributed by atoms with Crippen molar-refractivity contribution in [2.75, 3.05) is 6.54 Å². The third-order valence-electron chi connectivity index (χ3n) is 4.80. The van der Waals surface area contributed by atoms with Crippen molar-refractivity contribution in [1.82, 2.24) is 5.32 Å². The van der Waals surface area contributed by atoms with Gasteiger partial charge >= 0.3 is 5.97 Å². The van der Waals surface area contributed by atoms with E-state index in [-0.39, 0.29) is 29.2 Å². The highest BCUT2D eigenvalue weighted by atomic mass is 16.4. The Balaban J connectivity index is 1.58. The number of carboxylic acid groups (broad SMARTS) is 1. The second-order valence-corrected chi connectivity index (χ2v) is 6.20. The van der Waals surface area contributed by atoms with Crippen molar-refractivity contribution in [3.05, 3.63) is 35.9 Å². The summed E-state index contributed by atoms with van der Waals surface area (Å²) >= 11 is 0. The fraction of sp³-hybridized carbons (Fsp3) is 0.412. The topological polar surface area (TPSA) is 107 Å². The van der Waals surface area contributed by atoms with Crippen LogP contribution in [0, 0.1) is 23.7 Å². The third-order valence-corrected chi connectivity index (χ3v) is 4.80. The number of hydrogen-bond acceptors (Lipinski definition) is 4. The number of benzene rings is 1. The average molecular weight is 317 g/mol. The molecule has 0 aliphatic heterocycles. The molecule has 2 aliphatic carbocycles. The average Bonchev–Trinajstić information content (AvgIpc) is 3.11. The molecule has 6 nitrogen and oxygen atoms in total. The molecule has 1 aromatic carbocycles. The molecule has 0 saturated heterocycles. The van der Waals surface area contributed by atoms with Crippen LogP contribution in [0.1, 0.15) is 12.0 Å². The summed E-state index contributed by atoms with van der Waals surface area (Å²) in [5.41, 5.74) is 0.781. The van der Waals surface area contributed by atoms with Crippen molar-refractivity contribution >= 4 is 11.9 Å². The molecular formula is C17H19NO5. The van der Waals surface area contributed by atoms with E-state index in [9.17, 15) is 24.9 Å². The lowest BCUT2D eigenvalue weighted by molar-refractivity contribution is -0.147. The van der Waals surface area contributed by atoms with Crippen molar-refractivity contribution in [2.45, 2.75) is 12.8 Å². The van der Waals surface area contributed by atoms with Crippen LogP contribution in [0.2, 0.25) is 0 Å². The van der Waals surface area contributed by atoms with E-state index in [4.69, 9.17) is 0 Å². The van der Waals surface area contributed by atoms with E-state index in [0.717, 1.165) is 12.0 Å². The zero-order chi connectivity index (χ0) is 16.6. The van der Waals surface area contributed by atoms with Crippen LogP contribution in [0.4, 0.5) is 0 Å². The second-order valence-electron chi connectivity index (χ2n) is 6.20. The van der Waals surface area contributed by atoms with Gasteiger partial charge in [-0.1, -0.05) is 18.2 Å². The summed E-state index contributed by atoms with van der Waals surface area (Å²) in [6.45, 7) is 0.354. The molecule has 4 atom stereocenters. The SMILES string of the molecule is O=C(NCCc1ccc(O)c(O)c1)[C@@H]1[C@H](C(=O)O)[C@H]2C=C[C@H]1C2. The number of aromatic hydroxyl groups is 2. The Labute approximate surface area is 133 Å². The number of carboxylic acids is 1. The zero-order valence-corrected chi connectivity index (χ0v) is 12.5. The number of rotatable bonds is 5. The molecular weight excluding hydrogens is 298 g/mol. The van der Waals surface area contributed by atoms with Gasteiger partial charge in [-0.25, -0.2) is 0 Å². The van der Waals surface area contributed by atoms with E-state index >= 15 is 0 Å². The molecule has 1 amide bonds. The minimum Gasteiger partial charge on any atom is -0.504 e. The van der Waals surface area contributed by atoms with Crippen LogP contribution in [-0.4, -0.2) is 33.7 Å². The van der Waals surface area contributed by atoms with Gasteiger partial charge in [-0.3, -0.25) is 9.59 Å². The molecule has 0 aromatic heterocycles. The standard InChI is InChI=1S/C17H19NO5/c19-12-4-1-9(7-13(12)20)5-6-18-16(21)14-10-2-3-11(8-10)15(14)17(22)23/h1-4,7,10-11,14-15,19-20H,5-6,8H2,(H,18,21)(H,22,23)/t10-,11-,14-,15+/m0/s1. The number of fused-ring (bicyclic) bond motifs is 2. The predicted octanol–water partition coefficient (Wildman–Crippen LogP) is 1.28. The minimum atomic E-state index is -0.912. The van der Waals surface area contributed by atoms with Gasteiger partial charge in [0.2, 0.25) is 5.91 Å². The van der Waals surface area contributed by atoms with Crippen molar-refractivity contribution in [2.24, 2.45) is 23.7 Å². The number of carbonyl (C=O) groups is 2. The first-order valence-electron chi connectivity index (χ1n) is 7.67. The van der Waals surface area contributed by atoms with E-state index in [0.29, 0.717) is 13.0 Å². The second kappa shape index (κ2) is 5.95. The fourth-order valence-corrected chi connectivity index (χ4v) is 3.69. The van der Waals surface area contributed by atoms with Gasteiger partial charge in [0.15, 0.2) is 11.5 Å². The molecule has 0 heterocycles. The van der Waals surface area contributed by atoms with Crippen molar-refractivity contribution < 1.29 is 24.9 Å². The number of phenolic OH excluding ortho intramolecular Hbond substituents is 2. The van der Waals surface area contributed by atoms with E-state index in [1.54, 1.807) is 6.07 Å². The van der Waals surface area contributed by atoms with Crippen LogP contribution < -0.4 is 5.32 Å². The Hall–Kier alpha value is -2.50. The van der Waals surface area contributed by atoms with Crippen LogP contribution >= 0.6 is 0 Å². The molecule has 4 N–H and O–H groups in total. The fourth-order valence-electron chi connectivity index (χ4n) is 3.69. The monoisotopic (exact) mass is 317 g/mol. The lowest BCUT2D eigenvalue weighted by Crippen LogP contribution is -2.40. The summed E-state index contributed by atoms with van der Waals surface area (Å²) in [4.78, 5) is 23.8. The number of allylic oxidation sites excluding steroid dienone is 2. The van der Waals surface area contributed by atoms with E-state index < -0.39 is 17.8 Å². The van der Waals surface area contributed by atoms with Gasteiger partial charge < -0.3 is 20.6 Å². The number of hydrogen-bond donors (Lipinski definition) is 4. The quantitative estimate of drug-likeness (QED) is 0.483. The molecule has 0 spiro atoms. The van der Waals surface area contributed by atoms with E-state index in [2.05, 4.69) is 5.32 Å². The van der Waals surface area contributed by atoms with Gasteiger partial charge in [-0.15, -0.1) is 0 Å². The third kappa shape index (κ3) is 2.88. The van der Waals surface area contributed by atoms with Gasteiger partial charge in [-0.05, 0) is 42.4 Å². The normalized spacial score (nSPS) is 28.0. The van der Waals surface area contributed by atoms with Crippen molar-refractivity contribution in [3.8, 4) is 11.5 Å². The Morgan fingerprint density at radius 3 is 2.43 bits per heavy atom. The van der Waals surface area contributed by atoms with Crippen LogP contribution in [-0.2, 0) is 16.0 Å². The molecule has 0 unspecified atom stereocenters. The van der Waals surface area contributed by atoms with Crippen molar-refractivity contribution in [3.63, 3.8) is 0 Å². The molecule has 3 rings (SSSR count). The summed E-state index contributed by atoms with van der Waals surface area (Å²) in [6, 6.07) is 4.51. The van der Waals surface area contributed by atoms with Crippen molar-refractivity contribution in [1.29, 1.82) is 0 Å². The summed E-state index contributed by atoms with van der Waals surface area (Å²) in [7, 11) is 0. The van der Waals surface area contributed by atoms with Gasteiger partial charge in [0, 0.05) is 6.54 Å². The van der Waals surface area contributed by atoms with Gasteiger partial charge in [0.1, 0.15) is 0 Å². The molecule has 122 valence electrons. The highest BCUT2D eigenvalue weighted by Crippen LogP contribution is 2.48. The molecule has 1 aromatic rings. The Morgan fingerprint density at radius 1 is 1.09 bits per heavy atom. The predicted molar refractivity (Wildman–Crippen MR) is 81.8 cm³/mol. The van der Waals surface area contributed by atoms with Crippen LogP contribution in [0.5, 0.6) is 11.5 Å². The highest BCUT2D eigenvalue weighted by Gasteiger charge is 2.51. The molecule has 2 aliphatic rings. The van der Waals surface area contributed by atoms with Gasteiger partial charge in [0.05, 0.1) is 11.8 Å². The van der Waals surface area contributed by atoms with Gasteiger partial charge in [-0.2, -0.15) is 0 Å². The van der Waals surface area contributed by atoms with Gasteiger partial charge in [0.25, 0.3) is 0 Å². The first-order chi connectivity index (χ1) is 11.0. The summed E-state index contributed by atoms with van der Waals surface area (Å²) in [5.74, 6) is -2.68. The number of aliphatic carboxylic acids is 1. The number of carbonyl (C=O) groups excluding carboxylic acids is 1.